The molecule has 7 nitrogen and oxygen atoms in total. The van der Waals surface area contributed by atoms with Crippen LogP contribution in [0.2, 0.25) is 0 Å². The molecule has 2 heterocycles. The zero-order valence-electron chi connectivity index (χ0n) is 14.4. The highest BCUT2D eigenvalue weighted by molar-refractivity contribution is 7.89. The lowest BCUT2D eigenvalue weighted by atomic mass is 9.97. The van der Waals surface area contributed by atoms with Gasteiger partial charge in [0.2, 0.25) is 15.9 Å². The summed E-state index contributed by atoms with van der Waals surface area (Å²) in [6.45, 7) is 4.23. The second kappa shape index (κ2) is 7.61. The molecule has 1 N–H and O–H groups in total. The number of hydrogen-bond acceptors (Lipinski definition) is 5. The number of rotatable bonds is 4. The number of fused-ring (bicyclic) bond motifs is 1. The van der Waals surface area contributed by atoms with Crippen molar-refractivity contribution < 1.29 is 22.7 Å². The van der Waals surface area contributed by atoms with E-state index in [9.17, 15) is 13.2 Å². The van der Waals surface area contributed by atoms with E-state index in [1.165, 1.54) is 10.4 Å². The van der Waals surface area contributed by atoms with Crippen LogP contribution < -0.4 is 14.8 Å². The largest absolute Gasteiger partial charge is 0.490 e. The molecule has 1 saturated heterocycles. The summed E-state index contributed by atoms with van der Waals surface area (Å²) in [4.78, 5) is 12.1. The first-order chi connectivity index (χ1) is 12.0. The van der Waals surface area contributed by atoms with E-state index in [-0.39, 0.29) is 16.7 Å². The highest BCUT2D eigenvalue weighted by Gasteiger charge is 2.32. The summed E-state index contributed by atoms with van der Waals surface area (Å²) >= 11 is 0. The van der Waals surface area contributed by atoms with Gasteiger partial charge in [-0.25, -0.2) is 8.42 Å². The van der Waals surface area contributed by atoms with Gasteiger partial charge in [-0.3, -0.25) is 4.79 Å². The van der Waals surface area contributed by atoms with Crippen LogP contribution in [0.1, 0.15) is 26.2 Å². The number of nitrogens with one attached hydrogen (secondary N) is 1. The smallest absolute Gasteiger partial charge is 0.243 e. The summed E-state index contributed by atoms with van der Waals surface area (Å²) in [5.74, 6) is 0.937. The number of carbonyl (C=O) groups is 1. The van der Waals surface area contributed by atoms with Crippen molar-refractivity contribution in [2.24, 2.45) is 5.92 Å². The van der Waals surface area contributed by atoms with Crippen LogP contribution in [-0.4, -0.2) is 51.5 Å². The predicted molar refractivity (Wildman–Crippen MR) is 92.2 cm³/mol. The summed E-state index contributed by atoms with van der Waals surface area (Å²) in [5, 5.41) is 2.80. The molecular formula is C17H24N2O5S. The van der Waals surface area contributed by atoms with E-state index in [2.05, 4.69) is 5.32 Å². The summed E-state index contributed by atoms with van der Waals surface area (Å²) in [5.41, 5.74) is 0. The quantitative estimate of drug-likeness (QED) is 0.868. The molecule has 1 aromatic rings. The van der Waals surface area contributed by atoms with Crippen molar-refractivity contribution in [3.05, 3.63) is 18.2 Å². The van der Waals surface area contributed by atoms with E-state index >= 15 is 0 Å². The Labute approximate surface area is 148 Å². The molecule has 1 amide bonds. The Kier molecular flexibility index (Phi) is 5.48. The molecule has 1 fully saturated rings. The second-order valence-electron chi connectivity index (χ2n) is 6.23. The number of amides is 1. The lowest BCUT2D eigenvalue weighted by molar-refractivity contribution is -0.126. The molecule has 0 spiro atoms. The fourth-order valence-corrected chi connectivity index (χ4v) is 4.62. The van der Waals surface area contributed by atoms with Crippen LogP contribution in [0.5, 0.6) is 11.5 Å². The topological polar surface area (TPSA) is 84.9 Å². The summed E-state index contributed by atoms with van der Waals surface area (Å²) in [7, 11) is -3.60. The number of sulfonamides is 1. The van der Waals surface area contributed by atoms with Crippen molar-refractivity contribution in [2.75, 3.05) is 32.8 Å². The third-order valence-corrected chi connectivity index (χ3v) is 6.43. The molecule has 1 aromatic carbocycles. The first-order valence-electron chi connectivity index (χ1n) is 8.70. The molecule has 0 aliphatic carbocycles. The standard InChI is InChI=1S/C17H24N2O5S/c1-2-18-17(20)13-6-8-19(9-7-13)25(21,22)14-4-5-15-16(12-14)24-11-3-10-23-15/h4-5,12-13H,2-3,6-11H2,1H3,(H,18,20). The van der Waals surface area contributed by atoms with Crippen LogP contribution in [0.15, 0.2) is 23.1 Å². The van der Waals surface area contributed by atoms with Crippen molar-refractivity contribution in [1.29, 1.82) is 0 Å². The van der Waals surface area contributed by atoms with Gasteiger partial charge >= 0.3 is 0 Å². The predicted octanol–water partition coefficient (Wildman–Crippen LogP) is 1.38. The molecular weight excluding hydrogens is 344 g/mol. The minimum Gasteiger partial charge on any atom is -0.490 e. The first kappa shape index (κ1) is 18.0. The van der Waals surface area contributed by atoms with Gasteiger partial charge in [0.1, 0.15) is 0 Å². The van der Waals surface area contributed by atoms with E-state index in [1.54, 1.807) is 12.1 Å². The molecule has 3 rings (SSSR count). The van der Waals surface area contributed by atoms with Crippen molar-refractivity contribution in [2.45, 2.75) is 31.1 Å². The fraction of sp³-hybridized carbons (Fsp3) is 0.588. The molecule has 138 valence electrons. The third kappa shape index (κ3) is 3.90. The maximum Gasteiger partial charge on any atom is 0.243 e. The normalized spacial score (nSPS) is 19.2. The van der Waals surface area contributed by atoms with E-state index < -0.39 is 10.0 Å². The number of nitrogens with zero attached hydrogens (tertiary/aromatic N) is 1. The molecule has 0 unspecified atom stereocenters. The van der Waals surface area contributed by atoms with Gasteiger partial charge in [-0.15, -0.1) is 0 Å². The minimum atomic E-state index is -3.60. The molecule has 0 saturated carbocycles. The Balaban J connectivity index is 1.72. The van der Waals surface area contributed by atoms with Crippen LogP contribution in [0, 0.1) is 5.92 Å². The molecule has 25 heavy (non-hydrogen) atoms. The Morgan fingerprint density at radius 1 is 1.20 bits per heavy atom. The highest BCUT2D eigenvalue weighted by atomic mass is 32.2. The molecule has 0 aromatic heterocycles. The average molecular weight is 368 g/mol. The number of ether oxygens (including phenoxy) is 2. The van der Waals surface area contributed by atoms with Gasteiger partial charge in [-0.05, 0) is 31.9 Å². The number of piperidine rings is 1. The lowest BCUT2D eigenvalue weighted by Crippen LogP contribution is -2.42. The van der Waals surface area contributed by atoms with Gasteiger partial charge in [0.25, 0.3) is 0 Å². The van der Waals surface area contributed by atoms with Crippen molar-refractivity contribution in [3.8, 4) is 11.5 Å². The fourth-order valence-electron chi connectivity index (χ4n) is 3.13. The average Bonchev–Trinajstić information content (AvgIpc) is 2.86. The van der Waals surface area contributed by atoms with E-state index in [1.807, 2.05) is 6.92 Å². The molecule has 0 radical (unpaired) electrons. The Bertz CT molecular complexity index is 727. The van der Waals surface area contributed by atoms with Gasteiger partial charge in [-0.1, -0.05) is 0 Å². The van der Waals surface area contributed by atoms with E-state index in [0.717, 1.165) is 6.42 Å². The van der Waals surface area contributed by atoms with Crippen LogP contribution in [0.3, 0.4) is 0 Å². The van der Waals surface area contributed by atoms with E-state index in [0.29, 0.717) is 57.2 Å². The number of carbonyl (C=O) groups excluding carboxylic acids is 1. The maximum absolute atomic E-state index is 12.9. The Morgan fingerprint density at radius 2 is 1.88 bits per heavy atom. The molecule has 2 aliphatic heterocycles. The van der Waals surface area contributed by atoms with Gasteiger partial charge < -0.3 is 14.8 Å². The Morgan fingerprint density at radius 3 is 2.56 bits per heavy atom. The summed E-state index contributed by atoms with van der Waals surface area (Å²) in [6.07, 6.45) is 1.84. The highest BCUT2D eigenvalue weighted by Crippen LogP contribution is 2.33. The SMILES string of the molecule is CCNC(=O)C1CCN(S(=O)(=O)c2ccc3c(c2)OCCCO3)CC1. The van der Waals surface area contributed by atoms with Gasteiger partial charge in [0.15, 0.2) is 11.5 Å². The summed E-state index contributed by atoms with van der Waals surface area (Å²) in [6, 6.07) is 4.74. The molecule has 0 bridgehead atoms. The monoisotopic (exact) mass is 368 g/mol. The van der Waals surface area contributed by atoms with Crippen molar-refractivity contribution in [3.63, 3.8) is 0 Å². The third-order valence-electron chi connectivity index (χ3n) is 4.53. The Hall–Kier alpha value is -1.80. The van der Waals surface area contributed by atoms with Crippen LogP contribution in [-0.2, 0) is 14.8 Å². The number of benzene rings is 1. The molecule has 0 atom stereocenters. The summed E-state index contributed by atoms with van der Waals surface area (Å²) < 4.78 is 38.4. The minimum absolute atomic E-state index is 0.00938. The lowest BCUT2D eigenvalue weighted by Gasteiger charge is -2.30. The molecule has 2 aliphatic rings. The second-order valence-corrected chi connectivity index (χ2v) is 8.17. The van der Waals surface area contributed by atoms with Crippen molar-refractivity contribution >= 4 is 15.9 Å². The van der Waals surface area contributed by atoms with Crippen molar-refractivity contribution in [1.82, 2.24) is 9.62 Å². The maximum atomic E-state index is 12.9. The molecule has 8 heteroatoms. The van der Waals surface area contributed by atoms with E-state index in [4.69, 9.17) is 9.47 Å². The van der Waals surface area contributed by atoms with Gasteiger partial charge in [-0.2, -0.15) is 4.31 Å². The number of hydrogen-bond donors (Lipinski definition) is 1. The van der Waals surface area contributed by atoms with Gasteiger partial charge in [0, 0.05) is 38.0 Å². The van der Waals surface area contributed by atoms with Gasteiger partial charge in [0.05, 0.1) is 18.1 Å². The van der Waals surface area contributed by atoms with Crippen LogP contribution in [0.25, 0.3) is 0 Å². The zero-order valence-corrected chi connectivity index (χ0v) is 15.2. The van der Waals surface area contributed by atoms with Crippen LogP contribution >= 0.6 is 0 Å². The first-order valence-corrected chi connectivity index (χ1v) is 10.1. The van der Waals surface area contributed by atoms with Crippen LogP contribution in [0.4, 0.5) is 0 Å². The zero-order chi connectivity index (χ0) is 17.9.